The van der Waals surface area contributed by atoms with Gasteiger partial charge in [0, 0.05) is 0 Å². The molecule has 78 valence electrons. The molecule has 1 nitrogen and oxygen atoms in total. The molecule has 1 unspecified atom stereocenters. The lowest BCUT2D eigenvalue weighted by molar-refractivity contribution is 0.576. The molecule has 2 heteroatoms. The van der Waals surface area contributed by atoms with E-state index in [1.54, 1.807) is 6.07 Å². The minimum atomic E-state index is -0.108. The molecule has 0 spiro atoms. The van der Waals surface area contributed by atoms with Crippen molar-refractivity contribution in [1.82, 2.24) is 0 Å². The summed E-state index contributed by atoms with van der Waals surface area (Å²) in [4.78, 5) is 0. The zero-order chi connectivity index (χ0) is 10.6. The highest BCUT2D eigenvalue weighted by Gasteiger charge is 2.10. The molecule has 0 heterocycles. The Kier molecular flexibility index (Phi) is 4.08. The Morgan fingerprint density at radius 1 is 1.43 bits per heavy atom. The summed E-state index contributed by atoms with van der Waals surface area (Å²) in [6.07, 6.45) is 1.78. The predicted molar refractivity (Wildman–Crippen MR) is 57.9 cm³/mol. The molecule has 1 atom stereocenters. The third-order valence-corrected chi connectivity index (χ3v) is 2.60. The first-order valence-corrected chi connectivity index (χ1v) is 5.17. The zero-order valence-electron chi connectivity index (χ0n) is 8.89. The van der Waals surface area contributed by atoms with E-state index in [0.717, 1.165) is 18.4 Å². The van der Waals surface area contributed by atoms with Crippen LogP contribution < -0.4 is 5.73 Å². The Bertz CT molecular complexity index is 296. The first kappa shape index (κ1) is 11.2. The van der Waals surface area contributed by atoms with Gasteiger partial charge >= 0.3 is 0 Å². The minimum absolute atomic E-state index is 0.108. The molecule has 0 radical (unpaired) electrons. The Balaban J connectivity index is 2.93. The third-order valence-electron chi connectivity index (χ3n) is 2.60. The molecule has 0 fully saturated rings. The average molecular weight is 195 g/mol. The molecule has 0 aromatic heterocycles. The molecular weight excluding hydrogens is 177 g/mol. The van der Waals surface area contributed by atoms with Crippen molar-refractivity contribution in [3.8, 4) is 0 Å². The first-order valence-electron chi connectivity index (χ1n) is 5.17. The van der Waals surface area contributed by atoms with Crippen LogP contribution in [0.4, 0.5) is 4.39 Å². The maximum atomic E-state index is 13.4. The molecule has 0 aliphatic carbocycles. The van der Waals surface area contributed by atoms with E-state index in [1.165, 1.54) is 5.56 Å². The van der Waals surface area contributed by atoms with Crippen LogP contribution in [0.5, 0.6) is 0 Å². The van der Waals surface area contributed by atoms with Crippen molar-refractivity contribution in [3.05, 3.63) is 35.1 Å². The van der Waals surface area contributed by atoms with Crippen molar-refractivity contribution in [1.29, 1.82) is 0 Å². The van der Waals surface area contributed by atoms with Gasteiger partial charge in [-0.3, -0.25) is 0 Å². The van der Waals surface area contributed by atoms with Gasteiger partial charge in [-0.2, -0.15) is 0 Å². The van der Waals surface area contributed by atoms with Gasteiger partial charge in [0.15, 0.2) is 0 Å². The topological polar surface area (TPSA) is 26.0 Å². The van der Waals surface area contributed by atoms with Gasteiger partial charge in [-0.25, -0.2) is 4.39 Å². The molecule has 14 heavy (non-hydrogen) atoms. The van der Waals surface area contributed by atoms with Gasteiger partial charge in [0.1, 0.15) is 5.82 Å². The molecule has 1 rings (SSSR count). The quantitative estimate of drug-likeness (QED) is 0.785. The van der Waals surface area contributed by atoms with Crippen LogP contribution in [-0.4, -0.2) is 6.54 Å². The number of aryl methyl sites for hydroxylation is 1. The van der Waals surface area contributed by atoms with Crippen molar-refractivity contribution < 1.29 is 4.39 Å². The first-order chi connectivity index (χ1) is 6.69. The van der Waals surface area contributed by atoms with Gasteiger partial charge in [0.25, 0.3) is 0 Å². The molecule has 0 aliphatic heterocycles. The van der Waals surface area contributed by atoms with Crippen molar-refractivity contribution in [2.24, 2.45) is 5.73 Å². The van der Waals surface area contributed by atoms with E-state index in [2.05, 4.69) is 6.92 Å². The predicted octanol–water partition coefficient (Wildman–Crippen LogP) is 2.84. The summed E-state index contributed by atoms with van der Waals surface area (Å²) in [5, 5.41) is 0. The van der Waals surface area contributed by atoms with Gasteiger partial charge in [-0.15, -0.1) is 0 Å². The van der Waals surface area contributed by atoms with Crippen LogP contribution >= 0.6 is 0 Å². The molecule has 0 amide bonds. The molecule has 0 saturated heterocycles. The summed E-state index contributed by atoms with van der Waals surface area (Å²) in [7, 11) is 0. The van der Waals surface area contributed by atoms with Gasteiger partial charge in [-0.1, -0.05) is 26.0 Å². The maximum absolute atomic E-state index is 13.4. The maximum Gasteiger partial charge on any atom is 0.126 e. The number of hydrogen-bond acceptors (Lipinski definition) is 1. The van der Waals surface area contributed by atoms with E-state index in [-0.39, 0.29) is 11.7 Å². The Labute approximate surface area is 85.1 Å². The summed E-state index contributed by atoms with van der Waals surface area (Å²) in [5.41, 5.74) is 7.45. The number of benzene rings is 1. The fraction of sp³-hybridized carbons (Fsp3) is 0.500. The molecule has 0 saturated carbocycles. The second-order valence-corrected chi connectivity index (χ2v) is 3.69. The van der Waals surface area contributed by atoms with E-state index in [4.69, 9.17) is 5.73 Å². The lowest BCUT2D eigenvalue weighted by atomic mass is 9.95. The average Bonchev–Trinajstić information content (AvgIpc) is 2.19. The van der Waals surface area contributed by atoms with Gasteiger partial charge in [-0.05, 0) is 42.5 Å². The molecular formula is C12H18FN. The number of nitrogens with two attached hydrogens (primary N) is 1. The summed E-state index contributed by atoms with van der Waals surface area (Å²) >= 11 is 0. The highest BCUT2D eigenvalue weighted by Crippen LogP contribution is 2.22. The van der Waals surface area contributed by atoms with Crippen molar-refractivity contribution >= 4 is 0 Å². The minimum Gasteiger partial charge on any atom is -0.330 e. The van der Waals surface area contributed by atoms with E-state index < -0.39 is 0 Å². The third kappa shape index (κ3) is 2.55. The normalized spacial score (nSPS) is 12.9. The highest BCUT2D eigenvalue weighted by atomic mass is 19.1. The van der Waals surface area contributed by atoms with Crippen molar-refractivity contribution in [2.45, 2.75) is 32.6 Å². The van der Waals surface area contributed by atoms with Crippen molar-refractivity contribution in [3.63, 3.8) is 0 Å². The fourth-order valence-electron chi connectivity index (χ4n) is 1.60. The second-order valence-electron chi connectivity index (χ2n) is 3.69. The molecule has 1 aromatic carbocycles. The van der Waals surface area contributed by atoms with Crippen LogP contribution in [0, 0.1) is 5.82 Å². The monoisotopic (exact) mass is 195 g/mol. The van der Waals surface area contributed by atoms with Gasteiger partial charge in [0.2, 0.25) is 0 Å². The van der Waals surface area contributed by atoms with E-state index in [1.807, 2.05) is 19.1 Å². The lowest BCUT2D eigenvalue weighted by Gasteiger charge is -2.12. The lowest BCUT2D eigenvalue weighted by Crippen LogP contribution is -2.06. The molecule has 1 aromatic rings. The Hall–Kier alpha value is -0.890. The summed E-state index contributed by atoms with van der Waals surface area (Å²) in [6.45, 7) is 4.70. The van der Waals surface area contributed by atoms with Crippen LogP contribution in [0.3, 0.4) is 0 Å². The largest absolute Gasteiger partial charge is 0.330 e. The number of halogens is 1. The molecule has 0 bridgehead atoms. The summed E-state index contributed by atoms with van der Waals surface area (Å²) in [6, 6.07) is 5.35. The SMILES string of the molecule is CCc1ccc(F)c(C(C)CCN)c1. The Morgan fingerprint density at radius 2 is 2.14 bits per heavy atom. The van der Waals surface area contributed by atoms with Crippen LogP contribution in [0.2, 0.25) is 0 Å². The van der Waals surface area contributed by atoms with Crippen LogP contribution in [0.15, 0.2) is 18.2 Å². The van der Waals surface area contributed by atoms with Crippen molar-refractivity contribution in [2.75, 3.05) is 6.54 Å². The molecule has 0 aliphatic rings. The van der Waals surface area contributed by atoms with Gasteiger partial charge < -0.3 is 5.73 Å². The number of hydrogen-bond donors (Lipinski definition) is 1. The van der Waals surface area contributed by atoms with Crippen LogP contribution in [-0.2, 0) is 6.42 Å². The van der Waals surface area contributed by atoms with E-state index in [0.29, 0.717) is 6.54 Å². The fourth-order valence-corrected chi connectivity index (χ4v) is 1.60. The standard InChI is InChI=1S/C12H18FN/c1-3-10-4-5-12(13)11(8-10)9(2)6-7-14/h4-5,8-9H,3,6-7,14H2,1-2H3. The van der Waals surface area contributed by atoms with Crippen LogP contribution in [0.1, 0.15) is 37.3 Å². The van der Waals surface area contributed by atoms with Crippen LogP contribution in [0.25, 0.3) is 0 Å². The van der Waals surface area contributed by atoms with E-state index in [9.17, 15) is 4.39 Å². The number of rotatable bonds is 4. The van der Waals surface area contributed by atoms with E-state index >= 15 is 0 Å². The van der Waals surface area contributed by atoms with Gasteiger partial charge in [0.05, 0.1) is 0 Å². The molecule has 2 N–H and O–H groups in total. The Morgan fingerprint density at radius 3 is 2.71 bits per heavy atom. The zero-order valence-corrected chi connectivity index (χ0v) is 8.89. The highest BCUT2D eigenvalue weighted by molar-refractivity contribution is 5.27. The smallest absolute Gasteiger partial charge is 0.126 e. The summed E-state index contributed by atoms with van der Waals surface area (Å²) < 4.78 is 13.4. The second kappa shape index (κ2) is 5.11. The summed E-state index contributed by atoms with van der Waals surface area (Å²) in [5.74, 6) is 0.106.